The predicted molar refractivity (Wildman–Crippen MR) is 85.5 cm³/mol. The van der Waals surface area contributed by atoms with Crippen molar-refractivity contribution in [1.82, 2.24) is 5.32 Å². The van der Waals surface area contributed by atoms with Crippen molar-refractivity contribution in [2.75, 3.05) is 13.7 Å². The molecule has 0 saturated heterocycles. The number of benzene rings is 2. The second-order valence-corrected chi connectivity index (χ2v) is 5.14. The Hall–Kier alpha value is -1.84. The minimum absolute atomic E-state index is 0.0851. The van der Waals surface area contributed by atoms with Crippen LogP contribution >= 0.6 is 0 Å². The Morgan fingerprint density at radius 2 is 1.95 bits per heavy atom. The number of aliphatic hydroxyl groups is 1. The highest BCUT2D eigenvalue weighted by molar-refractivity contribution is 5.33. The summed E-state index contributed by atoms with van der Waals surface area (Å²) in [5, 5.41) is 12.7. The van der Waals surface area contributed by atoms with Crippen molar-refractivity contribution in [3.63, 3.8) is 0 Å². The van der Waals surface area contributed by atoms with E-state index in [4.69, 9.17) is 4.74 Å². The van der Waals surface area contributed by atoms with Gasteiger partial charge >= 0.3 is 0 Å². The molecule has 0 saturated carbocycles. The first kappa shape index (κ1) is 15.5. The maximum absolute atomic E-state index is 9.19. The number of ether oxygens (including phenoxy) is 1. The number of para-hydroxylation sites is 1. The van der Waals surface area contributed by atoms with Gasteiger partial charge in [0, 0.05) is 6.04 Å². The molecular weight excluding hydrogens is 262 g/mol. The molecule has 0 fully saturated rings. The number of hydrogen-bond donors (Lipinski definition) is 2. The number of methoxy groups -OCH3 is 1. The molecule has 0 radical (unpaired) electrons. The third-order valence-corrected chi connectivity index (χ3v) is 3.67. The zero-order valence-corrected chi connectivity index (χ0v) is 12.7. The van der Waals surface area contributed by atoms with Gasteiger partial charge in [-0.2, -0.15) is 0 Å². The monoisotopic (exact) mass is 285 g/mol. The largest absolute Gasteiger partial charge is 0.496 e. The fourth-order valence-electron chi connectivity index (χ4n) is 2.41. The molecule has 2 aromatic carbocycles. The van der Waals surface area contributed by atoms with Crippen molar-refractivity contribution in [3.8, 4) is 5.75 Å². The molecule has 0 aliphatic carbocycles. The summed E-state index contributed by atoms with van der Waals surface area (Å²) in [6.07, 6.45) is 0.925. The van der Waals surface area contributed by atoms with Crippen LogP contribution in [-0.2, 0) is 13.0 Å². The molecule has 0 bridgehead atoms. The molecule has 112 valence electrons. The normalized spacial score (nSPS) is 12.1. The van der Waals surface area contributed by atoms with Crippen molar-refractivity contribution in [3.05, 3.63) is 65.2 Å². The Kier molecular flexibility index (Phi) is 5.78. The summed E-state index contributed by atoms with van der Waals surface area (Å²) in [5.41, 5.74) is 3.36. The molecule has 0 spiro atoms. The maximum Gasteiger partial charge on any atom is 0.122 e. The lowest BCUT2D eigenvalue weighted by Gasteiger charge is -2.16. The fourth-order valence-corrected chi connectivity index (χ4v) is 2.41. The molecule has 3 nitrogen and oxygen atoms in total. The van der Waals surface area contributed by atoms with Gasteiger partial charge in [-0.3, -0.25) is 0 Å². The van der Waals surface area contributed by atoms with E-state index in [0.717, 1.165) is 24.3 Å². The van der Waals surface area contributed by atoms with Gasteiger partial charge in [-0.1, -0.05) is 42.5 Å². The lowest BCUT2D eigenvalue weighted by Crippen LogP contribution is -2.21. The van der Waals surface area contributed by atoms with Crippen LogP contribution in [0.5, 0.6) is 5.75 Å². The summed E-state index contributed by atoms with van der Waals surface area (Å²) < 4.78 is 5.36. The quantitative estimate of drug-likeness (QED) is 0.821. The van der Waals surface area contributed by atoms with E-state index in [9.17, 15) is 5.11 Å². The third-order valence-electron chi connectivity index (χ3n) is 3.67. The van der Waals surface area contributed by atoms with E-state index in [1.54, 1.807) is 7.11 Å². The Bertz CT molecular complexity index is 569. The second kappa shape index (κ2) is 7.81. The summed E-state index contributed by atoms with van der Waals surface area (Å²) in [7, 11) is 1.70. The van der Waals surface area contributed by atoms with Gasteiger partial charge < -0.3 is 15.2 Å². The molecule has 1 atom stereocenters. The van der Waals surface area contributed by atoms with Crippen LogP contribution in [0, 0.1) is 0 Å². The van der Waals surface area contributed by atoms with Crippen LogP contribution in [0.4, 0.5) is 0 Å². The zero-order chi connectivity index (χ0) is 15.1. The van der Waals surface area contributed by atoms with Crippen LogP contribution in [0.1, 0.15) is 29.7 Å². The van der Waals surface area contributed by atoms with E-state index in [1.807, 2.05) is 36.4 Å². The molecule has 2 rings (SSSR count). The zero-order valence-electron chi connectivity index (χ0n) is 12.7. The van der Waals surface area contributed by atoms with Gasteiger partial charge in [0.15, 0.2) is 0 Å². The lowest BCUT2D eigenvalue weighted by molar-refractivity contribution is 0.281. The van der Waals surface area contributed by atoms with E-state index >= 15 is 0 Å². The smallest absolute Gasteiger partial charge is 0.122 e. The Morgan fingerprint density at radius 1 is 1.14 bits per heavy atom. The summed E-state index contributed by atoms with van der Waals surface area (Å²) in [4.78, 5) is 0. The summed E-state index contributed by atoms with van der Waals surface area (Å²) in [5.74, 6) is 0.939. The standard InChI is InChI=1S/C18H23NO2/c1-14(17-8-5-6-15(12-17)13-20)19-11-10-16-7-3-4-9-18(16)21-2/h3-9,12,14,19-20H,10-11,13H2,1-2H3. The number of hydrogen-bond acceptors (Lipinski definition) is 3. The van der Waals surface area contributed by atoms with E-state index in [0.29, 0.717) is 0 Å². The molecule has 21 heavy (non-hydrogen) atoms. The number of nitrogens with one attached hydrogen (secondary N) is 1. The SMILES string of the molecule is COc1ccccc1CCNC(C)c1cccc(CO)c1. The van der Waals surface area contributed by atoms with E-state index < -0.39 is 0 Å². The highest BCUT2D eigenvalue weighted by Crippen LogP contribution is 2.18. The minimum Gasteiger partial charge on any atom is -0.496 e. The van der Waals surface area contributed by atoms with Crippen LogP contribution in [0.3, 0.4) is 0 Å². The van der Waals surface area contributed by atoms with Crippen LogP contribution < -0.4 is 10.1 Å². The van der Waals surface area contributed by atoms with Gasteiger partial charge in [-0.15, -0.1) is 0 Å². The first-order chi connectivity index (χ1) is 10.2. The van der Waals surface area contributed by atoms with Gasteiger partial charge in [-0.05, 0) is 42.6 Å². The predicted octanol–water partition coefficient (Wildman–Crippen LogP) is 3.08. The van der Waals surface area contributed by atoms with Crippen molar-refractivity contribution >= 4 is 0 Å². The van der Waals surface area contributed by atoms with Crippen LogP contribution in [-0.4, -0.2) is 18.8 Å². The first-order valence-electron chi connectivity index (χ1n) is 7.29. The average molecular weight is 285 g/mol. The van der Waals surface area contributed by atoms with E-state index in [-0.39, 0.29) is 12.6 Å². The van der Waals surface area contributed by atoms with Crippen LogP contribution in [0.25, 0.3) is 0 Å². The molecule has 1 unspecified atom stereocenters. The second-order valence-electron chi connectivity index (χ2n) is 5.14. The van der Waals surface area contributed by atoms with Gasteiger partial charge in [0.1, 0.15) is 5.75 Å². The van der Waals surface area contributed by atoms with Crippen molar-refractivity contribution < 1.29 is 9.84 Å². The maximum atomic E-state index is 9.19. The minimum atomic E-state index is 0.0851. The van der Waals surface area contributed by atoms with Gasteiger partial charge in [0.05, 0.1) is 13.7 Å². The summed E-state index contributed by atoms with van der Waals surface area (Å²) >= 11 is 0. The molecule has 0 aliphatic heterocycles. The van der Waals surface area contributed by atoms with Crippen molar-refractivity contribution in [2.24, 2.45) is 0 Å². The van der Waals surface area contributed by atoms with Crippen molar-refractivity contribution in [2.45, 2.75) is 26.0 Å². The summed E-state index contributed by atoms with van der Waals surface area (Å²) in [6.45, 7) is 3.10. The summed E-state index contributed by atoms with van der Waals surface area (Å²) in [6, 6.07) is 16.4. The highest BCUT2D eigenvalue weighted by atomic mass is 16.5. The van der Waals surface area contributed by atoms with Crippen LogP contribution in [0.2, 0.25) is 0 Å². The number of aliphatic hydroxyl groups excluding tert-OH is 1. The van der Waals surface area contributed by atoms with Gasteiger partial charge in [-0.25, -0.2) is 0 Å². The van der Waals surface area contributed by atoms with Crippen LogP contribution in [0.15, 0.2) is 48.5 Å². The Labute approximate surface area is 126 Å². The molecule has 0 amide bonds. The fraction of sp³-hybridized carbons (Fsp3) is 0.333. The van der Waals surface area contributed by atoms with E-state index in [1.165, 1.54) is 11.1 Å². The average Bonchev–Trinajstić information content (AvgIpc) is 2.55. The molecule has 0 aliphatic rings. The highest BCUT2D eigenvalue weighted by Gasteiger charge is 2.06. The lowest BCUT2D eigenvalue weighted by atomic mass is 10.0. The molecule has 2 aromatic rings. The number of rotatable bonds is 7. The Balaban J connectivity index is 1.90. The Morgan fingerprint density at radius 3 is 2.71 bits per heavy atom. The van der Waals surface area contributed by atoms with Gasteiger partial charge in [0.25, 0.3) is 0 Å². The molecule has 0 aromatic heterocycles. The van der Waals surface area contributed by atoms with Crippen molar-refractivity contribution in [1.29, 1.82) is 0 Å². The molecule has 3 heteroatoms. The molecule has 2 N–H and O–H groups in total. The molecule has 0 heterocycles. The van der Waals surface area contributed by atoms with Gasteiger partial charge in [0.2, 0.25) is 0 Å². The van der Waals surface area contributed by atoms with E-state index in [2.05, 4.69) is 24.4 Å². The molecular formula is C18H23NO2. The topological polar surface area (TPSA) is 41.5 Å². The first-order valence-corrected chi connectivity index (χ1v) is 7.29. The third kappa shape index (κ3) is 4.31.